The fourth-order valence-electron chi connectivity index (χ4n) is 0.514. The van der Waals surface area contributed by atoms with Crippen LogP contribution >= 0.6 is 11.3 Å². The van der Waals surface area contributed by atoms with E-state index in [2.05, 4.69) is 4.98 Å². The number of thiazole rings is 1. The van der Waals surface area contributed by atoms with Crippen LogP contribution in [-0.2, 0) is 4.79 Å². The van der Waals surface area contributed by atoms with Crippen molar-refractivity contribution in [3.8, 4) is 0 Å². The van der Waals surface area contributed by atoms with Crippen LogP contribution in [0.2, 0.25) is 0 Å². The molecule has 1 rings (SSSR count). The summed E-state index contributed by atoms with van der Waals surface area (Å²) in [5, 5.41) is 2.51. The predicted octanol–water partition coefficient (Wildman–Crippen LogP) is 0.571. The number of carbonyl (C=O) groups is 1. The van der Waals surface area contributed by atoms with E-state index in [-0.39, 0.29) is 0 Å². The van der Waals surface area contributed by atoms with E-state index >= 15 is 0 Å². The first-order valence-corrected chi connectivity index (χ1v) is 3.63. The highest BCUT2D eigenvalue weighted by Crippen LogP contribution is 2.15. The highest BCUT2D eigenvalue weighted by atomic mass is 32.1. The SMILES string of the molecule is C[C](C(N)=O)c1nccs1. The lowest BCUT2D eigenvalue weighted by atomic mass is 10.2. The van der Waals surface area contributed by atoms with Gasteiger partial charge >= 0.3 is 0 Å². The van der Waals surface area contributed by atoms with Crippen LogP contribution in [0, 0.1) is 5.92 Å². The third kappa shape index (κ3) is 1.33. The summed E-state index contributed by atoms with van der Waals surface area (Å²) in [7, 11) is 0. The molecule has 0 atom stereocenters. The second-order valence-electron chi connectivity index (χ2n) is 1.83. The first-order chi connectivity index (χ1) is 4.72. The Kier molecular flexibility index (Phi) is 2.01. The summed E-state index contributed by atoms with van der Waals surface area (Å²) in [5.74, 6) is 0.116. The molecule has 0 aliphatic carbocycles. The molecule has 0 unspecified atom stereocenters. The maximum atomic E-state index is 10.5. The van der Waals surface area contributed by atoms with Crippen molar-refractivity contribution in [3.05, 3.63) is 22.5 Å². The van der Waals surface area contributed by atoms with Gasteiger partial charge in [0.25, 0.3) is 0 Å². The molecule has 1 amide bonds. The Morgan fingerprint density at radius 2 is 2.50 bits per heavy atom. The zero-order valence-electron chi connectivity index (χ0n) is 5.50. The Labute approximate surface area is 62.9 Å². The fraction of sp³-hybridized carbons (Fsp3) is 0.167. The molecule has 0 aliphatic rings. The molecule has 1 radical (unpaired) electrons. The van der Waals surface area contributed by atoms with Crippen LogP contribution in [0.15, 0.2) is 11.6 Å². The second kappa shape index (κ2) is 2.79. The molecule has 0 saturated heterocycles. The van der Waals surface area contributed by atoms with Crippen LogP contribution in [0.25, 0.3) is 0 Å². The molecule has 0 fully saturated rings. The third-order valence-electron chi connectivity index (χ3n) is 1.12. The lowest BCUT2D eigenvalue weighted by Crippen LogP contribution is -2.19. The minimum atomic E-state index is -0.407. The minimum absolute atomic E-state index is 0.407. The Balaban J connectivity index is 2.77. The molecule has 0 spiro atoms. The highest BCUT2D eigenvalue weighted by molar-refractivity contribution is 7.10. The summed E-state index contributed by atoms with van der Waals surface area (Å²) in [5.41, 5.74) is 5.02. The molecule has 1 aromatic heterocycles. The van der Waals surface area contributed by atoms with Gasteiger partial charge in [-0.3, -0.25) is 4.79 Å². The molecular formula is C6H7N2OS. The van der Waals surface area contributed by atoms with Crippen molar-refractivity contribution < 1.29 is 4.79 Å². The maximum Gasteiger partial charge on any atom is 0.231 e. The van der Waals surface area contributed by atoms with Gasteiger partial charge in [0.05, 0.1) is 0 Å². The number of nitrogens with two attached hydrogens (primary N) is 1. The minimum Gasteiger partial charge on any atom is -0.369 e. The number of hydrogen-bond acceptors (Lipinski definition) is 3. The Bertz CT molecular complexity index is 220. The van der Waals surface area contributed by atoms with Gasteiger partial charge in [-0.05, 0) is 6.92 Å². The van der Waals surface area contributed by atoms with Gasteiger partial charge in [0.2, 0.25) is 5.91 Å². The molecule has 0 aliphatic heterocycles. The smallest absolute Gasteiger partial charge is 0.231 e. The Morgan fingerprint density at radius 1 is 1.80 bits per heavy atom. The molecule has 53 valence electrons. The average Bonchev–Trinajstić information content (AvgIpc) is 2.36. The number of hydrogen-bond donors (Lipinski definition) is 1. The average molecular weight is 155 g/mol. The van der Waals surface area contributed by atoms with Crippen molar-refractivity contribution in [3.63, 3.8) is 0 Å². The van der Waals surface area contributed by atoms with E-state index in [1.807, 2.05) is 5.38 Å². The fourth-order valence-corrected chi connectivity index (χ4v) is 1.16. The van der Waals surface area contributed by atoms with Crippen molar-refractivity contribution in [2.45, 2.75) is 6.92 Å². The number of aromatic nitrogens is 1. The van der Waals surface area contributed by atoms with E-state index in [1.165, 1.54) is 11.3 Å². The van der Waals surface area contributed by atoms with E-state index in [4.69, 9.17) is 5.73 Å². The maximum absolute atomic E-state index is 10.5. The first-order valence-electron chi connectivity index (χ1n) is 2.75. The topological polar surface area (TPSA) is 56.0 Å². The normalized spacial score (nSPS) is 10.2. The lowest BCUT2D eigenvalue weighted by molar-refractivity contribution is -0.115. The first kappa shape index (κ1) is 7.21. The number of carbonyl (C=O) groups excluding carboxylic acids is 1. The molecule has 0 bridgehead atoms. The molecule has 1 aromatic rings. The van der Waals surface area contributed by atoms with Gasteiger partial charge in [-0.15, -0.1) is 11.3 Å². The van der Waals surface area contributed by atoms with Gasteiger partial charge in [0.1, 0.15) is 10.9 Å². The largest absolute Gasteiger partial charge is 0.369 e. The Morgan fingerprint density at radius 3 is 2.90 bits per heavy atom. The van der Waals surface area contributed by atoms with Crippen molar-refractivity contribution >= 4 is 17.2 Å². The van der Waals surface area contributed by atoms with Crippen molar-refractivity contribution in [2.75, 3.05) is 0 Å². The van der Waals surface area contributed by atoms with E-state index in [0.29, 0.717) is 10.9 Å². The summed E-state index contributed by atoms with van der Waals surface area (Å²) < 4.78 is 0. The van der Waals surface area contributed by atoms with Crippen LogP contribution in [-0.4, -0.2) is 10.9 Å². The summed E-state index contributed by atoms with van der Waals surface area (Å²) in [6, 6.07) is 0. The predicted molar refractivity (Wildman–Crippen MR) is 39.3 cm³/mol. The van der Waals surface area contributed by atoms with Crippen LogP contribution in [0.5, 0.6) is 0 Å². The molecular weight excluding hydrogens is 148 g/mol. The molecule has 4 heteroatoms. The number of nitrogens with zero attached hydrogens (tertiary/aromatic N) is 1. The van der Waals surface area contributed by atoms with E-state index in [0.717, 1.165) is 0 Å². The summed E-state index contributed by atoms with van der Waals surface area (Å²) >= 11 is 1.41. The van der Waals surface area contributed by atoms with Crippen molar-refractivity contribution in [1.29, 1.82) is 0 Å². The summed E-state index contributed by atoms with van der Waals surface area (Å²) in [6.45, 7) is 1.67. The molecule has 0 aromatic carbocycles. The van der Waals surface area contributed by atoms with Crippen molar-refractivity contribution in [1.82, 2.24) is 4.98 Å². The Hall–Kier alpha value is -0.900. The summed E-state index contributed by atoms with van der Waals surface area (Å²) in [4.78, 5) is 14.5. The molecule has 3 nitrogen and oxygen atoms in total. The second-order valence-corrected chi connectivity index (χ2v) is 2.72. The standard InChI is InChI=1S/C6H7N2OS/c1-4(5(7)9)6-8-2-3-10-6/h2-3H,1H3,(H2,7,9). The zero-order valence-corrected chi connectivity index (χ0v) is 6.31. The lowest BCUT2D eigenvalue weighted by Gasteiger charge is -1.98. The quantitative estimate of drug-likeness (QED) is 0.678. The number of rotatable bonds is 2. The van der Waals surface area contributed by atoms with Crippen LogP contribution in [0.3, 0.4) is 0 Å². The van der Waals surface area contributed by atoms with E-state index in [1.54, 1.807) is 13.1 Å². The highest BCUT2D eigenvalue weighted by Gasteiger charge is 2.14. The van der Waals surface area contributed by atoms with Gasteiger partial charge < -0.3 is 5.73 Å². The van der Waals surface area contributed by atoms with E-state index < -0.39 is 5.91 Å². The van der Waals surface area contributed by atoms with Gasteiger partial charge in [-0.1, -0.05) is 0 Å². The third-order valence-corrected chi connectivity index (χ3v) is 2.02. The van der Waals surface area contributed by atoms with Gasteiger partial charge in [-0.25, -0.2) is 4.98 Å². The molecule has 10 heavy (non-hydrogen) atoms. The zero-order chi connectivity index (χ0) is 7.56. The molecule has 0 saturated carbocycles. The van der Waals surface area contributed by atoms with Crippen LogP contribution < -0.4 is 5.73 Å². The van der Waals surface area contributed by atoms with E-state index in [9.17, 15) is 4.79 Å². The van der Waals surface area contributed by atoms with Gasteiger partial charge in [0, 0.05) is 11.6 Å². The van der Waals surface area contributed by atoms with Gasteiger partial charge in [0.15, 0.2) is 0 Å². The number of primary amides is 1. The molecule has 1 heterocycles. The number of amides is 1. The van der Waals surface area contributed by atoms with Crippen molar-refractivity contribution in [2.24, 2.45) is 5.73 Å². The van der Waals surface area contributed by atoms with Gasteiger partial charge in [-0.2, -0.15) is 0 Å². The monoisotopic (exact) mass is 155 g/mol. The van der Waals surface area contributed by atoms with Crippen LogP contribution in [0.1, 0.15) is 11.9 Å². The molecule has 2 N–H and O–H groups in total. The summed E-state index contributed by atoms with van der Waals surface area (Å²) in [6.07, 6.45) is 1.65. The van der Waals surface area contributed by atoms with Crippen LogP contribution in [0.4, 0.5) is 0 Å².